The highest BCUT2D eigenvalue weighted by molar-refractivity contribution is 6.44. The van der Waals surface area contributed by atoms with Crippen LogP contribution in [0, 0.1) is 6.92 Å². The second kappa shape index (κ2) is 8.53. The molecule has 0 aromatic heterocycles. The Labute approximate surface area is 153 Å². The number of nitrogens with zero attached hydrogens (tertiary/aromatic N) is 1. The van der Waals surface area contributed by atoms with E-state index in [4.69, 9.17) is 11.6 Å². The molecule has 0 saturated carbocycles. The first-order chi connectivity index (χ1) is 12.0. The number of amides is 2. The minimum atomic E-state index is -0.738. The van der Waals surface area contributed by atoms with Gasteiger partial charge in [-0.15, -0.1) is 0 Å². The van der Waals surface area contributed by atoms with Crippen LogP contribution >= 0.6 is 11.6 Å². The summed E-state index contributed by atoms with van der Waals surface area (Å²) in [5.41, 5.74) is 2.87. The first kappa shape index (κ1) is 18.8. The fraction of sp³-hybridized carbons (Fsp3) is 0.263. The van der Waals surface area contributed by atoms with E-state index < -0.39 is 11.8 Å². The normalized spacial score (nSPS) is 10.2. The third-order valence-corrected chi connectivity index (χ3v) is 4.39. The van der Waals surface area contributed by atoms with E-state index in [1.165, 1.54) is 0 Å². The smallest absolute Gasteiger partial charge is 0.314 e. The number of carbonyl (C=O) groups is 2. The van der Waals surface area contributed by atoms with Gasteiger partial charge in [-0.1, -0.05) is 17.7 Å². The van der Waals surface area contributed by atoms with E-state index in [1.807, 2.05) is 12.1 Å². The average molecular weight is 360 g/mol. The van der Waals surface area contributed by atoms with Gasteiger partial charge in [0.2, 0.25) is 0 Å². The maximum Gasteiger partial charge on any atom is 0.314 e. The maximum absolute atomic E-state index is 12.1. The number of carbonyl (C=O) groups excluding carboxylic acids is 2. The van der Waals surface area contributed by atoms with Crippen LogP contribution in [-0.4, -0.2) is 24.9 Å². The molecule has 2 aromatic rings. The zero-order valence-electron chi connectivity index (χ0n) is 14.6. The summed E-state index contributed by atoms with van der Waals surface area (Å²) >= 11 is 6.01. The minimum Gasteiger partial charge on any atom is -0.372 e. The topological polar surface area (TPSA) is 61.4 Å². The average Bonchev–Trinajstić information content (AvgIpc) is 2.61. The number of hydrogen-bond acceptors (Lipinski definition) is 3. The van der Waals surface area contributed by atoms with Gasteiger partial charge in [0.15, 0.2) is 0 Å². The van der Waals surface area contributed by atoms with Gasteiger partial charge in [0.1, 0.15) is 0 Å². The molecule has 0 bridgehead atoms. The lowest BCUT2D eigenvalue weighted by Gasteiger charge is -2.21. The molecule has 0 saturated heterocycles. The van der Waals surface area contributed by atoms with Crippen LogP contribution in [0.3, 0.4) is 0 Å². The molecule has 5 nitrogen and oxygen atoms in total. The Morgan fingerprint density at radius 2 is 1.56 bits per heavy atom. The van der Waals surface area contributed by atoms with Crippen molar-refractivity contribution >= 4 is 40.5 Å². The number of benzene rings is 2. The monoisotopic (exact) mass is 359 g/mol. The molecule has 2 amide bonds. The molecule has 0 aliphatic carbocycles. The van der Waals surface area contributed by atoms with Gasteiger partial charge in [-0.3, -0.25) is 9.59 Å². The SMILES string of the molecule is CCN(CC)c1ccc(NC(=O)C(=O)Nc2cccc(Cl)c2C)cc1. The highest BCUT2D eigenvalue weighted by Crippen LogP contribution is 2.23. The molecule has 132 valence electrons. The van der Waals surface area contributed by atoms with Crippen molar-refractivity contribution in [2.75, 3.05) is 28.6 Å². The lowest BCUT2D eigenvalue weighted by Crippen LogP contribution is -2.29. The Bertz CT molecular complexity index is 756. The highest BCUT2D eigenvalue weighted by Gasteiger charge is 2.15. The molecule has 2 N–H and O–H groups in total. The third kappa shape index (κ3) is 4.73. The maximum atomic E-state index is 12.1. The molecular weight excluding hydrogens is 338 g/mol. The lowest BCUT2D eigenvalue weighted by molar-refractivity contribution is -0.133. The van der Waals surface area contributed by atoms with Gasteiger partial charge < -0.3 is 15.5 Å². The number of rotatable bonds is 5. The van der Waals surface area contributed by atoms with Crippen molar-refractivity contribution in [3.05, 3.63) is 53.1 Å². The first-order valence-electron chi connectivity index (χ1n) is 8.18. The van der Waals surface area contributed by atoms with Crippen LogP contribution in [0.2, 0.25) is 5.02 Å². The number of hydrogen-bond donors (Lipinski definition) is 2. The molecule has 0 aliphatic rings. The van der Waals surface area contributed by atoms with Crippen molar-refractivity contribution in [2.45, 2.75) is 20.8 Å². The van der Waals surface area contributed by atoms with Crippen molar-refractivity contribution in [2.24, 2.45) is 0 Å². The number of anilines is 3. The second-order valence-electron chi connectivity index (χ2n) is 5.54. The van der Waals surface area contributed by atoms with E-state index in [1.54, 1.807) is 37.3 Å². The van der Waals surface area contributed by atoms with E-state index in [9.17, 15) is 9.59 Å². The highest BCUT2D eigenvalue weighted by atomic mass is 35.5. The predicted molar refractivity (Wildman–Crippen MR) is 103 cm³/mol. The predicted octanol–water partition coefficient (Wildman–Crippen LogP) is 4.07. The standard InChI is InChI=1S/C19H22ClN3O2/c1-4-23(5-2)15-11-9-14(10-12-15)21-18(24)19(25)22-17-8-6-7-16(20)13(17)3/h6-12H,4-5H2,1-3H3,(H,21,24)(H,22,25). The molecule has 6 heteroatoms. The molecule has 0 unspecified atom stereocenters. The molecular formula is C19H22ClN3O2. The Morgan fingerprint density at radius 3 is 2.16 bits per heavy atom. The van der Waals surface area contributed by atoms with E-state index in [0.717, 1.165) is 18.8 Å². The minimum absolute atomic E-state index is 0.518. The Hall–Kier alpha value is -2.53. The van der Waals surface area contributed by atoms with Crippen molar-refractivity contribution in [3.63, 3.8) is 0 Å². The van der Waals surface area contributed by atoms with Crippen LogP contribution in [0.1, 0.15) is 19.4 Å². The van der Waals surface area contributed by atoms with E-state index in [2.05, 4.69) is 29.4 Å². The Morgan fingerprint density at radius 1 is 0.960 bits per heavy atom. The van der Waals surface area contributed by atoms with E-state index in [-0.39, 0.29) is 0 Å². The number of nitrogens with one attached hydrogen (secondary N) is 2. The summed E-state index contributed by atoms with van der Waals surface area (Å²) in [5.74, 6) is -1.46. The molecule has 2 rings (SSSR count). The van der Waals surface area contributed by atoms with Crippen LogP contribution in [0.15, 0.2) is 42.5 Å². The molecule has 0 heterocycles. The summed E-state index contributed by atoms with van der Waals surface area (Å²) in [7, 11) is 0. The summed E-state index contributed by atoms with van der Waals surface area (Å²) in [6.45, 7) is 7.76. The summed E-state index contributed by atoms with van der Waals surface area (Å²) in [6.07, 6.45) is 0. The van der Waals surface area contributed by atoms with Crippen LogP contribution in [0.4, 0.5) is 17.1 Å². The molecule has 0 aliphatic heterocycles. The Balaban J connectivity index is 2.01. The fourth-order valence-corrected chi connectivity index (χ4v) is 2.63. The fourth-order valence-electron chi connectivity index (χ4n) is 2.45. The zero-order valence-corrected chi connectivity index (χ0v) is 15.4. The molecule has 0 fully saturated rings. The molecule has 25 heavy (non-hydrogen) atoms. The number of halogens is 1. The van der Waals surface area contributed by atoms with E-state index >= 15 is 0 Å². The summed E-state index contributed by atoms with van der Waals surface area (Å²) in [4.78, 5) is 26.3. The molecule has 0 spiro atoms. The van der Waals surface area contributed by atoms with Gasteiger partial charge in [-0.05, 0) is 62.7 Å². The van der Waals surface area contributed by atoms with Crippen molar-refractivity contribution in [3.8, 4) is 0 Å². The zero-order chi connectivity index (χ0) is 18.4. The second-order valence-corrected chi connectivity index (χ2v) is 5.95. The van der Waals surface area contributed by atoms with Gasteiger partial charge in [-0.2, -0.15) is 0 Å². The van der Waals surface area contributed by atoms with Crippen molar-refractivity contribution in [1.82, 2.24) is 0 Å². The summed E-state index contributed by atoms with van der Waals surface area (Å²) < 4.78 is 0. The summed E-state index contributed by atoms with van der Waals surface area (Å²) in [6, 6.07) is 12.5. The van der Waals surface area contributed by atoms with Gasteiger partial charge in [-0.25, -0.2) is 0 Å². The first-order valence-corrected chi connectivity index (χ1v) is 8.56. The van der Waals surface area contributed by atoms with Crippen LogP contribution in [0.25, 0.3) is 0 Å². The van der Waals surface area contributed by atoms with E-state index in [0.29, 0.717) is 22.0 Å². The quantitative estimate of drug-likeness (QED) is 0.791. The van der Waals surface area contributed by atoms with Crippen LogP contribution in [-0.2, 0) is 9.59 Å². The van der Waals surface area contributed by atoms with Gasteiger partial charge in [0, 0.05) is 35.2 Å². The van der Waals surface area contributed by atoms with Gasteiger partial charge in [0.05, 0.1) is 0 Å². The largest absolute Gasteiger partial charge is 0.372 e. The van der Waals surface area contributed by atoms with Crippen molar-refractivity contribution < 1.29 is 9.59 Å². The van der Waals surface area contributed by atoms with Crippen LogP contribution < -0.4 is 15.5 Å². The molecule has 0 atom stereocenters. The lowest BCUT2D eigenvalue weighted by atomic mass is 10.2. The van der Waals surface area contributed by atoms with Gasteiger partial charge >= 0.3 is 11.8 Å². The third-order valence-electron chi connectivity index (χ3n) is 3.98. The molecule has 2 aromatic carbocycles. The van der Waals surface area contributed by atoms with Gasteiger partial charge in [0.25, 0.3) is 0 Å². The van der Waals surface area contributed by atoms with Crippen LogP contribution in [0.5, 0.6) is 0 Å². The Kier molecular flexibility index (Phi) is 6.42. The molecule has 0 radical (unpaired) electrons. The summed E-state index contributed by atoms with van der Waals surface area (Å²) in [5, 5.41) is 5.70. The van der Waals surface area contributed by atoms with Crippen molar-refractivity contribution in [1.29, 1.82) is 0 Å².